The lowest BCUT2D eigenvalue weighted by Crippen LogP contribution is -2.24. The van der Waals surface area contributed by atoms with E-state index in [4.69, 9.17) is 0 Å². The summed E-state index contributed by atoms with van der Waals surface area (Å²) >= 11 is 0. The molecule has 18 heavy (non-hydrogen) atoms. The largest absolute Gasteiger partial charge is 0.369 e. The molecule has 0 aliphatic rings. The van der Waals surface area contributed by atoms with Crippen molar-refractivity contribution in [2.24, 2.45) is 0 Å². The van der Waals surface area contributed by atoms with Gasteiger partial charge in [-0.05, 0) is 6.92 Å². The molecule has 0 saturated carbocycles. The number of H-pyrrole nitrogens is 1. The Morgan fingerprint density at radius 2 is 2.28 bits per heavy atom. The van der Waals surface area contributed by atoms with Crippen LogP contribution < -0.4 is 10.6 Å². The molecule has 0 aliphatic heterocycles. The van der Waals surface area contributed by atoms with Crippen molar-refractivity contribution in [2.75, 3.05) is 11.9 Å². The quantitative estimate of drug-likeness (QED) is 0.642. The van der Waals surface area contributed by atoms with Gasteiger partial charge in [0.15, 0.2) is 5.82 Å². The molecule has 0 bridgehead atoms. The molecule has 9 heteroatoms. The fraction of sp³-hybridized carbons (Fsp3) is 0.333. The number of tetrazole rings is 1. The summed E-state index contributed by atoms with van der Waals surface area (Å²) in [5, 5.41) is 18.7. The van der Waals surface area contributed by atoms with Crippen molar-refractivity contribution in [3.63, 3.8) is 0 Å². The molecule has 0 unspecified atom stereocenters. The number of aromatic amines is 1. The third-order valence-electron chi connectivity index (χ3n) is 2.04. The van der Waals surface area contributed by atoms with Gasteiger partial charge in [-0.25, -0.2) is 9.97 Å². The maximum absolute atomic E-state index is 11.7. The minimum Gasteiger partial charge on any atom is -0.369 e. The van der Waals surface area contributed by atoms with Crippen LogP contribution in [0.25, 0.3) is 0 Å². The number of aromatic nitrogens is 6. The zero-order chi connectivity index (χ0) is 12.8. The molecule has 0 aliphatic carbocycles. The van der Waals surface area contributed by atoms with E-state index in [2.05, 4.69) is 41.2 Å². The molecular weight excluding hydrogens is 236 g/mol. The van der Waals surface area contributed by atoms with E-state index in [1.165, 1.54) is 12.4 Å². The first-order valence-corrected chi connectivity index (χ1v) is 5.36. The molecule has 0 fully saturated rings. The molecular formula is C9H12N8O. The van der Waals surface area contributed by atoms with Crippen LogP contribution in [0.3, 0.4) is 0 Å². The number of carbonyl (C=O) groups is 1. The highest BCUT2D eigenvalue weighted by Gasteiger charge is 2.08. The van der Waals surface area contributed by atoms with Gasteiger partial charge in [-0.15, -0.1) is 10.2 Å². The number of carbonyl (C=O) groups excluding carboxylic acids is 1. The standard InChI is InChI=1S/C9H12N8O/c1-2-10-7-4-11-6(3-12-7)9(18)13-5-8-14-16-17-15-8/h3-4H,2,5H2,1H3,(H,10,12)(H,13,18)(H,14,15,16,17). The van der Waals surface area contributed by atoms with E-state index in [-0.39, 0.29) is 18.1 Å². The smallest absolute Gasteiger partial charge is 0.271 e. The van der Waals surface area contributed by atoms with E-state index < -0.39 is 0 Å². The second kappa shape index (κ2) is 5.66. The second-order valence-electron chi connectivity index (χ2n) is 3.33. The molecule has 1 amide bonds. The number of nitrogens with one attached hydrogen (secondary N) is 3. The first kappa shape index (κ1) is 11.9. The molecule has 0 radical (unpaired) electrons. The lowest BCUT2D eigenvalue weighted by molar-refractivity contribution is 0.0944. The van der Waals surface area contributed by atoms with Crippen LogP contribution in [-0.2, 0) is 6.54 Å². The Kier molecular flexibility index (Phi) is 3.74. The number of hydrogen-bond acceptors (Lipinski definition) is 7. The normalized spacial score (nSPS) is 10.1. The molecule has 3 N–H and O–H groups in total. The number of nitrogens with zero attached hydrogens (tertiary/aromatic N) is 5. The summed E-state index contributed by atoms with van der Waals surface area (Å²) in [4.78, 5) is 19.7. The highest BCUT2D eigenvalue weighted by atomic mass is 16.1. The fourth-order valence-corrected chi connectivity index (χ4v) is 1.22. The van der Waals surface area contributed by atoms with Crippen molar-refractivity contribution in [3.8, 4) is 0 Å². The Hall–Kier alpha value is -2.58. The maximum Gasteiger partial charge on any atom is 0.271 e. The fourth-order valence-electron chi connectivity index (χ4n) is 1.22. The summed E-state index contributed by atoms with van der Waals surface area (Å²) in [6, 6.07) is 0. The van der Waals surface area contributed by atoms with E-state index in [1.807, 2.05) is 6.92 Å². The minimum absolute atomic E-state index is 0.186. The Bertz CT molecular complexity index is 494. The first-order valence-electron chi connectivity index (χ1n) is 5.36. The molecule has 2 rings (SSSR count). The molecule has 0 atom stereocenters. The van der Waals surface area contributed by atoms with Crippen LogP contribution in [0.4, 0.5) is 5.82 Å². The minimum atomic E-state index is -0.338. The lowest BCUT2D eigenvalue weighted by atomic mass is 10.4. The van der Waals surface area contributed by atoms with Gasteiger partial charge in [0.25, 0.3) is 5.91 Å². The van der Waals surface area contributed by atoms with E-state index in [0.29, 0.717) is 11.6 Å². The van der Waals surface area contributed by atoms with Gasteiger partial charge in [-0.2, -0.15) is 5.21 Å². The molecule has 0 saturated heterocycles. The zero-order valence-electron chi connectivity index (χ0n) is 9.71. The van der Waals surface area contributed by atoms with Crippen LogP contribution in [0.15, 0.2) is 12.4 Å². The van der Waals surface area contributed by atoms with Gasteiger partial charge in [0.1, 0.15) is 11.5 Å². The predicted molar refractivity (Wildman–Crippen MR) is 61.5 cm³/mol. The molecule has 2 aromatic rings. The lowest BCUT2D eigenvalue weighted by Gasteiger charge is -2.03. The number of rotatable bonds is 5. The SMILES string of the molecule is CCNc1cnc(C(=O)NCc2nn[nH]n2)cn1. The average molecular weight is 248 g/mol. The van der Waals surface area contributed by atoms with Gasteiger partial charge in [-0.1, -0.05) is 5.21 Å². The van der Waals surface area contributed by atoms with E-state index in [0.717, 1.165) is 6.54 Å². The van der Waals surface area contributed by atoms with E-state index >= 15 is 0 Å². The van der Waals surface area contributed by atoms with Gasteiger partial charge in [0.2, 0.25) is 0 Å². The second-order valence-corrected chi connectivity index (χ2v) is 3.33. The van der Waals surface area contributed by atoms with Crippen molar-refractivity contribution >= 4 is 11.7 Å². The Balaban J connectivity index is 1.92. The molecule has 0 spiro atoms. The number of amides is 1. The van der Waals surface area contributed by atoms with E-state index in [9.17, 15) is 4.79 Å². The van der Waals surface area contributed by atoms with Crippen molar-refractivity contribution in [2.45, 2.75) is 13.5 Å². The van der Waals surface area contributed by atoms with Gasteiger partial charge >= 0.3 is 0 Å². The van der Waals surface area contributed by atoms with Crippen molar-refractivity contribution in [1.29, 1.82) is 0 Å². The summed E-state index contributed by atoms with van der Waals surface area (Å²) in [5.41, 5.74) is 0.236. The average Bonchev–Trinajstić information content (AvgIpc) is 2.90. The van der Waals surface area contributed by atoms with Gasteiger partial charge < -0.3 is 10.6 Å². The number of hydrogen-bond donors (Lipinski definition) is 3. The van der Waals surface area contributed by atoms with Crippen LogP contribution in [0.2, 0.25) is 0 Å². The van der Waals surface area contributed by atoms with Crippen LogP contribution in [0, 0.1) is 0 Å². The summed E-state index contributed by atoms with van der Waals surface area (Å²) in [6.45, 7) is 2.89. The van der Waals surface area contributed by atoms with Gasteiger partial charge in [0, 0.05) is 6.54 Å². The molecule has 0 aromatic carbocycles. The van der Waals surface area contributed by atoms with Crippen LogP contribution >= 0.6 is 0 Å². The Labute approximate surface area is 102 Å². The molecule has 2 aromatic heterocycles. The van der Waals surface area contributed by atoms with Crippen LogP contribution in [0.5, 0.6) is 0 Å². The zero-order valence-corrected chi connectivity index (χ0v) is 9.71. The van der Waals surface area contributed by atoms with Crippen molar-refractivity contribution < 1.29 is 4.79 Å². The highest BCUT2D eigenvalue weighted by Crippen LogP contribution is 2.00. The Morgan fingerprint density at radius 3 is 2.89 bits per heavy atom. The third kappa shape index (κ3) is 2.97. The first-order chi connectivity index (χ1) is 8.79. The summed E-state index contributed by atoms with van der Waals surface area (Å²) in [7, 11) is 0. The van der Waals surface area contributed by atoms with Crippen LogP contribution in [0.1, 0.15) is 23.2 Å². The topological polar surface area (TPSA) is 121 Å². The van der Waals surface area contributed by atoms with Gasteiger partial charge in [0.05, 0.1) is 18.9 Å². The van der Waals surface area contributed by atoms with Crippen molar-refractivity contribution in [3.05, 3.63) is 23.9 Å². The third-order valence-corrected chi connectivity index (χ3v) is 2.04. The molecule has 94 valence electrons. The summed E-state index contributed by atoms with van der Waals surface area (Å²) in [6.07, 6.45) is 2.91. The Morgan fingerprint density at radius 1 is 1.39 bits per heavy atom. The number of anilines is 1. The van der Waals surface area contributed by atoms with Crippen molar-refractivity contribution in [1.82, 2.24) is 35.9 Å². The monoisotopic (exact) mass is 248 g/mol. The molecule has 2 heterocycles. The summed E-state index contributed by atoms with van der Waals surface area (Å²) in [5.74, 6) is 0.697. The summed E-state index contributed by atoms with van der Waals surface area (Å²) < 4.78 is 0. The molecule has 9 nitrogen and oxygen atoms in total. The highest BCUT2D eigenvalue weighted by molar-refractivity contribution is 5.91. The van der Waals surface area contributed by atoms with Crippen LogP contribution in [-0.4, -0.2) is 43.0 Å². The van der Waals surface area contributed by atoms with Gasteiger partial charge in [-0.3, -0.25) is 4.79 Å². The maximum atomic E-state index is 11.7. The predicted octanol–water partition coefficient (Wildman–Crippen LogP) is -0.648. The van der Waals surface area contributed by atoms with E-state index in [1.54, 1.807) is 0 Å².